The van der Waals surface area contributed by atoms with E-state index < -0.39 is 5.63 Å². The molecule has 0 amide bonds. The standard InChI is InChI=1S/C19H26O5/c1-3-5-7-8-12-22-14-9-10-15-16(13-14)24-19(21)18(17(15)20)23-11-6-4-2/h9-10,13,20H,3-8,11-12H2,1-2H3. The number of hydrogen-bond acceptors (Lipinski definition) is 5. The molecule has 2 rings (SSSR count). The third-order valence-electron chi connectivity index (χ3n) is 3.82. The number of aromatic hydroxyl groups is 1. The number of ether oxygens (including phenoxy) is 2. The predicted molar refractivity (Wildman–Crippen MR) is 94.2 cm³/mol. The number of unbranched alkanes of at least 4 members (excludes halogenated alkanes) is 4. The molecule has 0 aliphatic carbocycles. The lowest BCUT2D eigenvalue weighted by molar-refractivity contribution is 0.278. The fourth-order valence-electron chi connectivity index (χ4n) is 2.40. The highest BCUT2D eigenvalue weighted by molar-refractivity contribution is 5.86. The molecule has 24 heavy (non-hydrogen) atoms. The monoisotopic (exact) mass is 334 g/mol. The molecule has 0 unspecified atom stereocenters. The molecule has 0 saturated heterocycles. The molecule has 2 aromatic rings. The van der Waals surface area contributed by atoms with Crippen molar-refractivity contribution < 1.29 is 19.0 Å². The molecular formula is C19H26O5. The quantitative estimate of drug-likeness (QED) is 0.506. The minimum atomic E-state index is -0.670. The Hall–Kier alpha value is -2.17. The molecule has 0 atom stereocenters. The summed E-state index contributed by atoms with van der Waals surface area (Å²) in [5.41, 5.74) is -0.373. The van der Waals surface area contributed by atoms with Crippen LogP contribution in [0.4, 0.5) is 0 Å². The van der Waals surface area contributed by atoms with E-state index in [1.165, 1.54) is 12.8 Å². The van der Waals surface area contributed by atoms with Crippen LogP contribution in [0.2, 0.25) is 0 Å². The molecule has 0 spiro atoms. The van der Waals surface area contributed by atoms with Crippen molar-refractivity contribution in [2.45, 2.75) is 52.4 Å². The van der Waals surface area contributed by atoms with Gasteiger partial charge in [0, 0.05) is 6.07 Å². The van der Waals surface area contributed by atoms with E-state index in [-0.39, 0.29) is 11.5 Å². The second kappa shape index (κ2) is 9.21. The summed E-state index contributed by atoms with van der Waals surface area (Å²) < 4.78 is 16.3. The van der Waals surface area contributed by atoms with E-state index in [0.717, 1.165) is 25.7 Å². The summed E-state index contributed by atoms with van der Waals surface area (Å²) in [5, 5.41) is 10.7. The van der Waals surface area contributed by atoms with Gasteiger partial charge in [-0.3, -0.25) is 0 Å². The first-order valence-electron chi connectivity index (χ1n) is 8.72. The van der Waals surface area contributed by atoms with E-state index in [1.807, 2.05) is 6.92 Å². The van der Waals surface area contributed by atoms with Gasteiger partial charge in [-0.25, -0.2) is 4.79 Å². The minimum Gasteiger partial charge on any atom is -0.504 e. The first kappa shape index (κ1) is 18.2. The van der Waals surface area contributed by atoms with Gasteiger partial charge in [0.2, 0.25) is 5.75 Å². The van der Waals surface area contributed by atoms with Crippen LogP contribution in [-0.4, -0.2) is 18.3 Å². The third kappa shape index (κ3) is 4.66. The maximum absolute atomic E-state index is 12.0. The van der Waals surface area contributed by atoms with Gasteiger partial charge in [0.15, 0.2) is 5.75 Å². The van der Waals surface area contributed by atoms with E-state index in [4.69, 9.17) is 13.9 Å². The smallest absolute Gasteiger partial charge is 0.383 e. The first-order valence-corrected chi connectivity index (χ1v) is 8.72. The largest absolute Gasteiger partial charge is 0.504 e. The maximum Gasteiger partial charge on any atom is 0.383 e. The summed E-state index contributed by atoms with van der Waals surface area (Å²) >= 11 is 0. The number of hydrogen-bond donors (Lipinski definition) is 1. The normalized spacial score (nSPS) is 10.9. The first-order chi connectivity index (χ1) is 11.7. The van der Waals surface area contributed by atoms with Crippen molar-refractivity contribution in [3.05, 3.63) is 28.6 Å². The van der Waals surface area contributed by atoms with E-state index in [1.54, 1.807) is 18.2 Å². The molecule has 0 saturated carbocycles. The number of fused-ring (bicyclic) bond motifs is 1. The zero-order valence-electron chi connectivity index (χ0n) is 14.5. The van der Waals surface area contributed by atoms with Crippen LogP contribution in [0.5, 0.6) is 17.2 Å². The fraction of sp³-hybridized carbons (Fsp3) is 0.526. The SMILES string of the molecule is CCCCCCOc1ccc2c(O)c(OCCCC)c(=O)oc2c1. The molecule has 5 heteroatoms. The molecule has 0 aliphatic heterocycles. The Morgan fingerprint density at radius 2 is 1.75 bits per heavy atom. The van der Waals surface area contributed by atoms with E-state index in [0.29, 0.717) is 29.9 Å². The highest BCUT2D eigenvalue weighted by atomic mass is 16.5. The van der Waals surface area contributed by atoms with Crippen LogP contribution >= 0.6 is 0 Å². The Morgan fingerprint density at radius 1 is 1.00 bits per heavy atom. The van der Waals surface area contributed by atoms with Gasteiger partial charge in [-0.05, 0) is 25.0 Å². The topological polar surface area (TPSA) is 68.9 Å². The molecule has 5 nitrogen and oxygen atoms in total. The zero-order chi connectivity index (χ0) is 17.4. The summed E-state index contributed by atoms with van der Waals surface area (Å²) in [7, 11) is 0. The van der Waals surface area contributed by atoms with Crippen molar-refractivity contribution in [2.75, 3.05) is 13.2 Å². The maximum atomic E-state index is 12.0. The molecule has 0 aliphatic rings. The highest BCUT2D eigenvalue weighted by Crippen LogP contribution is 2.33. The van der Waals surface area contributed by atoms with Crippen LogP contribution < -0.4 is 15.1 Å². The van der Waals surface area contributed by atoms with Crippen LogP contribution in [0.3, 0.4) is 0 Å². The van der Waals surface area contributed by atoms with Gasteiger partial charge in [-0.1, -0.05) is 39.5 Å². The Labute approximate surface area is 142 Å². The van der Waals surface area contributed by atoms with Crippen LogP contribution in [-0.2, 0) is 0 Å². The van der Waals surface area contributed by atoms with Gasteiger partial charge in [0.25, 0.3) is 0 Å². The van der Waals surface area contributed by atoms with Gasteiger partial charge in [0.1, 0.15) is 11.3 Å². The Morgan fingerprint density at radius 3 is 2.50 bits per heavy atom. The third-order valence-corrected chi connectivity index (χ3v) is 3.82. The Bertz CT molecular complexity index is 705. The number of rotatable bonds is 10. The Balaban J connectivity index is 2.12. The van der Waals surface area contributed by atoms with E-state index in [2.05, 4.69) is 6.92 Å². The van der Waals surface area contributed by atoms with Crippen molar-refractivity contribution in [2.24, 2.45) is 0 Å². The van der Waals surface area contributed by atoms with Gasteiger partial charge < -0.3 is 19.0 Å². The highest BCUT2D eigenvalue weighted by Gasteiger charge is 2.15. The van der Waals surface area contributed by atoms with Crippen LogP contribution in [0.25, 0.3) is 11.0 Å². The summed E-state index contributed by atoms with van der Waals surface area (Å²) in [5.74, 6) is 0.331. The van der Waals surface area contributed by atoms with E-state index in [9.17, 15) is 9.90 Å². The molecule has 1 N–H and O–H groups in total. The van der Waals surface area contributed by atoms with Crippen LogP contribution in [0.1, 0.15) is 52.4 Å². The summed E-state index contributed by atoms with van der Waals surface area (Å²) in [6, 6.07) is 5.07. The van der Waals surface area contributed by atoms with Gasteiger partial charge in [0.05, 0.1) is 18.6 Å². The zero-order valence-corrected chi connectivity index (χ0v) is 14.5. The van der Waals surface area contributed by atoms with Crippen LogP contribution in [0, 0.1) is 0 Å². The molecule has 1 aromatic heterocycles. The number of benzene rings is 1. The van der Waals surface area contributed by atoms with Gasteiger partial charge >= 0.3 is 5.63 Å². The van der Waals surface area contributed by atoms with Crippen molar-refractivity contribution in [3.8, 4) is 17.2 Å². The second-order valence-electron chi connectivity index (χ2n) is 5.84. The molecule has 1 heterocycles. The molecular weight excluding hydrogens is 308 g/mol. The van der Waals surface area contributed by atoms with Crippen molar-refractivity contribution in [3.63, 3.8) is 0 Å². The minimum absolute atomic E-state index is 0.121. The van der Waals surface area contributed by atoms with Gasteiger partial charge in [-0.2, -0.15) is 0 Å². The molecule has 0 bridgehead atoms. The lowest BCUT2D eigenvalue weighted by Gasteiger charge is -2.10. The fourth-order valence-corrected chi connectivity index (χ4v) is 2.40. The lowest BCUT2D eigenvalue weighted by atomic mass is 10.2. The Kier molecular flexibility index (Phi) is 6.97. The molecule has 0 fully saturated rings. The summed E-state index contributed by atoms with van der Waals surface area (Å²) in [4.78, 5) is 12.0. The second-order valence-corrected chi connectivity index (χ2v) is 5.84. The average Bonchev–Trinajstić information content (AvgIpc) is 2.57. The van der Waals surface area contributed by atoms with Crippen molar-refractivity contribution >= 4 is 11.0 Å². The van der Waals surface area contributed by atoms with Crippen molar-refractivity contribution in [1.29, 1.82) is 0 Å². The lowest BCUT2D eigenvalue weighted by Crippen LogP contribution is -2.08. The average molecular weight is 334 g/mol. The molecule has 0 radical (unpaired) electrons. The van der Waals surface area contributed by atoms with Crippen molar-refractivity contribution in [1.82, 2.24) is 0 Å². The summed E-state index contributed by atoms with van der Waals surface area (Å²) in [6.07, 6.45) is 6.26. The molecule has 132 valence electrons. The summed E-state index contributed by atoms with van der Waals surface area (Å²) in [6.45, 7) is 5.19. The molecule has 1 aromatic carbocycles. The predicted octanol–water partition coefficient (Wildman–Crippen LogP) is 4.64. The van der Waals surface area contributed by atoms with E-state index >= 15 is 0 Å². The van der Waals surface area contributed by atoms with Crippen LogP contribution in [0.15, 0.2) is 27.4 Å². The van der Waals surface area contributed by atoms with Gasteiger partial charge in [-0.15, -0.1) is 0 Å².